The van der Waals surface area contributed by atoms with E-state index in [0.29, 0.717) is 30.0 Å². The molecule has 3 aromatic rings. The van der Waals surface area contributed by atoms with Gasteiger partial charge in [-0.25, -0.2) is 4.90 Å². The zero-order valence-electron chi connectivity index (χ0n) is 17.4. The van der Waals surface area contributed by atoms with Crippen LogP contribution in [0.5, 0.6) is 0 Å². The number of benzene rings is 2. The number of thiophene rings is 1. The van der Waals surface area contributed by atoms with Crippen molar-refractivity contribution >= 4 is 34.4 Å². The van der Waals surface area contributed by atoms with Crippen LogP contribution in [0.2, 0.25) is 0 Å². The molecule has 2 aromatic carbocycles. The number of aryl methyl sites for hydroxylation is 2. The van der Waals surface area contributed by atoms with Gasteiger partial charge in [0.1, 0.15) is 5.70 Å². The minimum absolute atomic E-state index is 0.257. The van der Waals surface area contributed by atoms with Crippen molar-refractivity contribution in [3.8, 4) is 0 Å². The van der Waals surface area contributed by atoms with Crippen LogP contribution in [0.25, 0.3) is 5.57 Å². The van der Waals surface area contributed by atoms with Crippen molar-refractivity contribution < 1.29 is 9.59 Å². The molecule has 0 fully saturated rings. The molecule has 0 aliphatic carbocycles. The first-order valence-corrected chi connectivity index (χ1v) is 10.9. The second-order valence-corrected chi connectivity index (χ2v) is 8.36. The number of carbonyl (C=O) groups is 2. The Labute approximate surface area is 181 Å². The summed E-state index contributed by atoms with van der Waals surface area (Å²) in [5.41, 5.74) is 4.87. The van der Waals surface area contributed by atoms with Crippen LogP contribution < -0.4 is 4.90 Å². The van der Waals surface area contributed by atoms with E-state index in [1.807, 2.05) is 91.7 Å². The standard InChI is InChI=1S/C25H24N2O2S/c1-4-26(16-19-9-6-5-7-10-19)23-22(21-11-8-14-30-21)24(28)27(25(23)29)20-13-12-17(2)18(3)15-20/h5-15H,4,16H2,1-3H3. The van der Waals surface area contributed by atoms with Gasteiger partial charge in [-0.1, -0.05) is 42.5 Å². The fourth-order valence-electron chi connectivity index (χ4n) is 3.71. The summed E-state index contributed by atoms with van der Waals surface area (Å²) in [6, 6.07) is 19.6. The molecule has 5 heteroatoms. The molecule has 2 heterocycles. The Kier molecular flexibility index (Phi) is 5.55. The molecule has 0 bridgehead atoms. The third kappa shape index (κ3) is 3.57. The average Bonchev–Trinajstić information content (AvgIpc) is 3.35. The Morgan fingerprint density at radius 1 is 0.900 bits per heavy atom. The number of nitrogens with zero attached hydrogens (tertiary/aromatic N) is 2. The second kappa shape index (κ2) is 8.28. The van der Waals surface area contributed by atoms with E-state index in [1.54, 1.807) is 0 Å². The minimum atomic E-state index is -0.260. The van der Waals surface area contributed by atoms with E-state index < -0.39 is 0 Å². The molecule has 0 radical (unpaired) electrons. The number of anilines is 1. The molecule has 0 unspecified atom stereocenters. The third-order valence-corrected chi connectivity index (χ3v) is 6.38. The predicted octanol–water partition coefficient (Wildman–Crippen LogP) is 5.17. The lowest BCUT2D eigenvalue weighted by atomic mass is 10.1. The molecule has 1 aromatic heterocycles. The summed E-state index contributed by atoms with van der Waals surface area (Å²) < 4.78 is 0. The summed E-state index contributed by atoms with van der Waals surface area (Å²) in [5, 5.41) is 1.93. The normalized spacial score (nSPS) is 14.0. The van der Waals surface area contributed by atoms with Crippen LogP contribution in [0.1, 0.15) is 28.5 Å². The van der Waals surface area contributed by atoms with Crippen LogP contribution in [0.15, 0.2) is 71.7 Å². The summed E-state index contributed by atoms with van der Waals surface area (Å²) in [7, 11) is 0. The molecule has 0 atom stereocenters. The van der Waals surface area contributed by atoms with Crippen LogP contribution in [0.3, 0.4) is 0 Å². The molecular weight excluding hydrogens is 392 g/mol. The lowest BCUT2D eigenvalue weighted by Crippen LogP contribution is -2.35. The molecule has 0 spiro atoms. The Morgan fingerprint density at radius 2 is 1.67 bits per heavy atom. The summed E-state index contributed by atoms with van der Waals surface area (Å²) >= 11 is 1.48. The van der Waals surface area contributed by atoms with Gasteiger partial charge in [0.25, 0.3) is 11.8 Å². The molecule has 1 aliphatic heterocycles. The molecule has 4 nitrogen and oxygen atoms in total. The van der Waals surface area contributed by atoms with Crippen molar-refractivity contribution in [2.24, 2.45) is 0 Å². The van der Waals surface area contributed by atoms with Gasteiger partial charge >= 0.3 is 0 Å². The summed E-state index contributed by atoms with van der Waals surface area (Å²) in [5.74, 6) is -0.517. The zero-order chi connectivity index (χ0) is 21.3. The van der Waals surface area contributed by atoms with Gasteiger partial charge in [0.05, 0.1) is 11.3 Å². The number of hydrogen-bond donors (Lipinski definition) is 0. The van der Waals surface area contributed by atoms with E-state index in [4.69, 9.17) is 0 Å². The number of imide groups is 1. The van der Waals surface area contributed by atoms with Crippen LogP contribution in [0.4, 0.5) is 5.69 Å². The van der Waals surface area contributed by atoms with Gasteiger partial charge < -0.3 is 4.90 Å². The fourth-order valence-corrected chi connectivity index (χ4v) is 4.47. The topological polar surface area (TPSA) is 40.6 Å². The fraction of sp³-hybridized carbons (Fsp3) is 0.200. The van der Waals surface area contributed by atoms with Gasteiger partial charge in [-0.05, 0) is 61.0 Å². The summed E-state index contributed by atoms with van der Waals surface area (Å²) in [6.45, 7) is 7.22. The maximum atomic E-state index is 13.6. The largest absolute Gasteiger partial charge is 0.362 e. The minimum Gasteiger partial charge on any atom is -0.362 e. The molecule has 30 heavy (non-hydrogen) atoms. The van der Waals surface area contributed by atoms with Gasteiger partial charge in [-0.3, -0.25) is 9.59 Å². The Hall–Kier alpha value is -3.18. The Morgan fingerprint density at radius 3 is 2.30 bits per heavy atom. The van der Waals surface area contributed by atoms with E-state index in [1.165, 1.54) is 16.2 Å². The van der Waals surface area contributed by atoms with Crippen molar-refractivity contribution in [1.82, 2.24) is 4.90 Å². The van der Waals surface area contributed by atoms with Gasteiger partial charge in [-0.15, -0.1) is 11.3 Å². The van der Waals surface area contributed by atoms with Gasteiger partial charge in [-0.2, -0.15) is 0 Å². The SMILES string of the molecule is CCN(Cc1ccccc1)C1=C(c2cccs2)C(=O)N(c2ccc(C)c(C)c2)C1=O. The second-order valence-electron chi connectivity index (χ2n) is 7.41. The molecule has 152 valence electrons. The number of rotatable bonds is 6. The van der Waals surface area contributed by atoms with E-state index in [9.17, 15) is 9.59 Å². The van der Waals surface area contributed by atoms with Crippen LogP contribution >= 0.6 is 11.3 Å². The van der Waals surface area contributed by atoms with Crippen LogP contribution in [-0.4, -0.2) is 23.3 Å². The first kappa shape index (κ1) is 20.1. The third-order valence-electron chi connectivity index (χ3n) is 5.49. The quantitative estimate of drug-likeness (QED) is 0.521. The van der Waals surface area contributed by atoms with Crippen molar-refractivity contribution in [2.45, 2.75) is 27.3 Å². The van der Waals surface area contributed by atoms with Crippen LogP contribution in [0, 0.1) is 13.8 Å². The first-order valence-electron chi connectivity index (χ1n) is 10.0. The first-order chi connectivity index (χ1) is 14.5. The summed E-state index contributed by atoms with van der Waals surface area (Å²) in [4.78, 5) is 31.3. The maximum absolute atomic E-state index is 13.6. The lowest BCUT2D eigenvalue weighted by molar-refractivity contribution is -0.120. The van der Waals surface area contributed by atoms with Crippen molar-refractivity contribution in [3.63, 3.8) is 0 Å². The molecule has 4 rings (SSSR count). The number of carbonyl (C=O) groups excluding carboxylic acids is 2. The highest BCUT2D eigenvalue weighted by Gasteiger charge is 2.42. The zero-order valence-corrected chi connectivity index (χ0v) is 18.2. The Balaban J connectivity index is 1.80. The van der Waals surface area contributed by atoms with Crippen molar-refractivity contribution in [1.29, 1.82) is 0 Å². The van der Waals surface area contributed by atoms with E-state index in [-0.39, 0.29) is 11.8 Å². The van der Waals surface area contributed by atoms with E-state index in [2.05, 4.69) is 0 Å². The highest BCUT2D eigenvalue weighted by atomic mass is 32.1. The van der Waals surface area contributed by atoms with Gasteiger partial charge in [0, 0.05) is 18.0 Å². The van der Waals surface area contributed by atoms with E-state index >= 15 is 0 Å². The van der Waals surface area contributed by atoms with Crippen LogP contribution in [-0.2, 0) is 16.1 Å². The van der Waals surface area contributed by atoms with E-state index in [0.717, 1.165) is 21.6 Å². The molecule has 0 saturated heterocycles. The number of likely N-dealkylation sites (N-methyl/N-ethyl adjacent to an activating group) is 1. The molecule has 0 N–H and O–H groups in total. The number of amides is 2. The Bertz CT molecular complexity index is 1120. The molecular formula is C25H24N2O2S. The highest BCUT2D eigenvalue weighted by Crippen LogP contribution is 2.37. The maximum Gasteiger partial charge on any atom is 0.282 e. The van der Waals surface area contributed by atoms with Gasteiger partial charge in [0.2, 0.25) is 0 Å². The molecule has 2 amide bonds. The summed E-state index contributed by atoms with van der Waals surface area (Å²) in [6.07, 6.45) is 0. The molecule has 1 aliphatic rings. The average molecular weight is 417 g/mol. The smallest absolute Gasteiger partial charge is 0.282 e. The highest BCUT2D eigenvalue weighted by molar-refractivity contribution is 7.11. The lowest BCUT2D eigenvalue weighted by Gasteiger charge is -2.25. The van der Waals surface area contributed by atoms with Gasteiger partial charge in [0.15, 0.2) is 0 Å². The monoisotopic (exact) mass is 416 g/mol. The number of hydrogen-bond acceptors (Lipinski definition) is 4. The van der Waals surface area contributed by atoms with Crippen molar-refractivity contribution in [3.05, 3.63) is 93.3 Å². The molecule has 0 saturated carbocycles. The predicted molar refractivity (Wildman–Crippen MR) is 122 cm³/mol. The van der Waals surface area contributed by atoms with Crippen molar-refractivity contribution in [2.75, 3.05) is 11.4 Å².